The summed E-state index contributed by atoms with van der Waals surface area (Å²) < 4.78 is 0. The van der Waals surface area contributed by atoms with Gasteiger partial charge in [-0.15, -0.1) is 0 Å². The molecule has 1 rings (SSSR count). The molecule has 0 aromatic rings. The lowest BCUT2D eigenvalue weighted by Crippen LogP contribution is -2.48. The third-order valence-electron chi connectivity index (χ3n) is 2.15. The molecule has 1 aliphatic rings. The quantitative estimate of drug-likeness (QED) is 0.643. The summed E-state index contributed by atoms with van der Waals surface area (Å²) in [6, 6.07) is -0.225. The molecule has 1 atom stereocenters. The number of urea groups is 1. The van der Waals surface area contributed by atoms with Crippen LogP contribution in [0.2, 0.25) is 0 Å². The Labute approximate surface area is 83.1 Å². The predicted octanol–water partition coefficient (Wildman–Crippen LogP) is 0.397. The molecule has 78 valence electrons. The van der Waals surface area contributed by atoms with E-state index in [1.807, 2.05) is 6.92 Å². The first kappa shape index (κ1) is 10.6. The van der Waals surface area contributed by atoms with Crippen LogP contribution in [0.1, 0.15) is 20.3 Å². The lowest BCUT2D eigenvalue weighted by atomic mass is 10.2. The van der Waals surface area contributed by atoms with Gasteiger partial charge in [0.1, 0.15) is 0 Å². The van der Waals surface area contributed by atoms with Crippen LogP contribution in [-0.2, 0) is 4.79 Å². The van der Waals surface area contributed by atoms with Crippen LogP contribution in [0.3, 0.4) is 0 Å². The van der Waals surface area contributed by atoms with Gasteiger partial charge in [-0.1, -0.05) is 13.5 Å². The second kappa shape index (κ2) is 4.13. The van der Waals surface area contributed by atoms with Crippen LogP contribution in [0.4, 0.5) is 4.79 Å². The molecule has 1 unspecified atom stereocenters. The van der Waals surface area contributed by atoms with Crippen molar-refractivity contribution in [2.45, 2.75) is 26.3 Å². The second-order valence-corrected chi connectivity index (χ2v) is 3.34. The molecule has 0 saturated carbocycles. The monoisotopic (exact) mass is 197 g/mol. The molecule has 5 nitrogen and oxygen atoms in total. The van der Waals surface area contributed by atoms with Gasteiger partial charge in [0, 0.05) is 12.1 Å². The standard InChI is InChI=1S/C9H15N3O2/c1-4-7-5-10-9(14)12(7)11-8(13)6(2)3/h7H,2,4-5H2,1,3H3,(H,10,14)(H,11,13). The van der Waals surface area contributed by atoms with E-state index in [0.29, 0.717) is 12.1 Å². The molecular formula is C9H15N3O2. The van der Waals surface area contributed by atoms with E-state index in [1.54, 1.807) is 6.92 Å². The van der Waals surface area contributed by atoms with Gasteiger partial charge >= 0.3 is 6.03 Å². The fourth-order valence-corrected chi connectivity index (χ4v) is 1.22. The van der Waals surface area contributed by atoms with Crippen LogP contribution in [0.5, 0.6) is 0 Å². The van der Waals surface area contributed by atoms with Gasteiger partial charge < -0.3 is 5.32 Å². The molecule has 0 aromatic heterocycles. The summed E-state index contributed by atoms with van der Waals surface area (Å²) in [5.41, 5.74) is 2.90. The van der Waals surface area contributed by atoms with Crippen molar-refractivity contribution in [1.82, 2.24) is 15.8 Å². The normalized spacial score (nSPS) is 20.6. The van der Waals surface area contributed by atoms with Crippen molar-refractivity contribution in [2.75, 3.05) is 6.54 Å². The Bertz CT molecular complexity index is 275. The second-order valence-electron chi connectivity index (χ2n) is 3.34. The zero-order chi connectivity index (χ0) is 10.7. The van der Waals surface area contributed by atoms with Gasteiger partial charge in [0.2, 0.25) is 0 Å². The Morgan fingerprint density at radius 3 is 2.93 bits per heavy atom. The number of hydrogen-bond donors (Lipinski definition) is 2. The van der Waals surface area contributed by atoms with Crippen molar-refractivity contribution in [3.05, 3.63) is 12.2 Å². The highest BCUT2D eigenvalue weighted by Crippen LogP contribution is 2.07. The van der Waals surface area contributed by atoms with E-state index in [-0.39, 0.29) is 18.0 Å². The molecule has 3 amide bonds. The van der Waals surface area contributed by atoms with Gasteiger partial charge in [-0.2, -0.15) is 0 Å². The third-order valence-corrected chi connectivity index (χ3v) is 2.15. The molecule has 14 heavy (non-hydrogen) atoms. The largest absolute Gasteiger partial charge is 0.336 e. The highest BCUT2D eigenvalue weighted by molar-refractivity contribution is 5.93. The van der Waals surface area contributed by atoms with Crippen molar-refractivity contribution < 1.29 is 9.59 Å². The van der Waals surface area contributed by atoms with E-state index in [4.69, 9.17) is 0 Å². The maximum Gasteiger partial charge on any atom is 0.336 e. The first-order valence-corrected chi connectivity index (χ1v) is 4.59. The Hall–Kier alpha value is -1.52. The molecule has 0 bridgehead atoms. The Kier molecular flexibility index (Phi) is 3.11. The maximum absolute atomic E-state index is 11.3. The van der Waals surface area contributed by atoms with Crippen molar-refractivity contribution in [3.63, 3.8) is 0 Å². The zero-order valence-corrected chi connectivity index (χ0v) is 8.46. The van der Waals surface area contributed by atoms with Crippen LogP contribution in [-0.4, -0.2) is 29.5 Å². The molecule has 1 fully saturated rings. The third kappa shape index (κ3) is 2.04. The summed E-state index contributed by atoms with van der Waals surface area (Å²) in [6.45, 7) is 7.64. The minimum Gasteiger partial charge on any atom is -0.334 e. The van der Waals surface area contributed by atoms with Crippen LogP contribution >= 0.6 is 0 Å². The maximum atomic E-state index is 11.3. The van der Waals surface area contributed by atoms with Crippen LogP contribution < -0.4 is 10.7 Å². The lowest BCUT2D eigenvalue weighted by Gasteiger charge is -2.22. The van der Waals surface area contributed by atoms with E-state index in [0.717, 1.165) is 6.42 Å². The van der Waals surface area contributed by atoms with E-state index in [9.17, 15) is 9.59 Å². The fourth-order valence-electron chi connectivity index (χ4n) is 1.22. The topological polar surface area (TPSA) is 61.4 Å². The molecule has 0 spiro atoms. The Morgan fingerprint density at radius 2 is 2.43 bits per heavy atom. The molecule has 5 heteroatoms. The number of hydrazine groups is 1. The predicted molar refractivity (Wildman–Crippen MR) is 52.3 cm³/mol. The fraction of sp³-hybridized carbons (Fsp3) is 0.556. The first-order valence-electron chi connectivity index (χ1n) is 4.59. The van der Waals surface area contributed by atoms with Crippen LogP contribution in [0, 0.1) is 0 Å². The average molecular weight is 197 g/mol. The molecule has 0 radical (unpaired) electrons. The van der Waals surface area contributed by atoms with Gasteiger partial charge in [0.05, 0.1) is 6.04 Å². The minimum atomic E-state index is -0.319. The van der Waals surface area contributed by atoms with Gasteiger partial charge in [-0.05, 0) is 13.3 Å². The molecule has 1 saturated heterocycles. The number of nitrogens with one attached hydrogen (secondary N) is 2. The molecule has 0 aliphatic carbocycles. The number of carbonyl (C=O) groups excluding carboxylic acids is 2. The summed E-state index contributed by atoms with van der Waals surface area (Å²) in [5.74, 6) is -0.319. The molecule has 2 N–H and O–H groups in total. The SMILES string of the molecule is C=C(C)C(=O)NN1C(=O)NCC1CC. The van der Waals surface area contributed by atoms with Gasteiger partial charge in [0.15, 0.2) is 0 Å². The first-order chi connectivity index (χ1) is 6.56. The number of rotatable bonds is 3. The highest BCUT2D eigenvalue weighted by Gasteiger charge is 2.30. The van der Waals surface area contributed by atoms with E-state index in [2.05, 4.69) is 17.3 Å². The number of nitrogens with zero attached hydrogens (tertiary/aromatic N) is 1. The molecular weight excluding hydrogens is 182 g/mol. The highest BCUT2D eigenvalue weighted by atomic mass is 16.2. The van der Waals surface area contributed by atoms with E-state index >= 15 is 0 Å². The molecule has 0 aromatic carbocycles. The van der Waals surface area contributed by atoms with Crippen molar-refractivity contribution >= 4 is 11.9 Å². The number of amides is 3. The van der Waals surface area contributed by atoms with Gasteiger partial charge in [-0.3, -0.25) is 10.2 Å². The minimum absolute atomic E-state index is 0.0331. The lowest BCUT2D eigenvalue weighted by molar-refractivity contribution is -0.121. The molecule has 1 heterocycles. The Balaban J connectivity index is 2.61. The van der Waals surface area contributed by atoms with Crippen LogP contribution in [0.15, 0.2) is 12.2 Å². The summed E-state index contributed by atoms with van der Waals surface area (Å²) in [4.78, 5) is 22.5. The van der Waals surface area contributed by atoms with E-state index < -0.39 is 0 Å². The van der Waals surface area contributed by atoms with Crippen molar-refractivity contribution in [3.8, 4) is 0 Å². The van der Waals surface area contributed by atoms with Gasteiger partial charge in [0.25, 0.3) is 5.91 Å². The van der Waals surface area contributed by atoms with Crippen LogP contribution in [0.25, 0.3) is 0 Å². The van der Waals surface area contributed by atoms with E-state index in [1.165, 1.54) is 5.01 Å². The summed E-state index contributed by atoms with van der Waals surface area (Å²) in [6.07, 6.45) is 0.801. The summed E-state index contributed by atoms with van der Waals surface area (Å²) >= 11 is 0. The Morgan fingerprint density at radius 1 is 1.79 bits per heavy atom. The van der Waals surface area contributed by atoms with Crippen molar-refractivity contribution in [1.29, 1.82) is 0 Å². The average Bonchev–Trinajstić information content (AvgIpc) is 2.47. The number of hydrogen-bond acceptors (Lipinski definition) is 2. The molecule has 1 aliphatic heterocycles. The smallest absolute Gasteiger partial charge is 0.334 e. The van der Waals surface area contributed by atoms with Crippen molar-refractivity contribution in [2.24, 2.45) is 0 Å². The summed E-state index contributed by atoms with van der Waals surface area (Å²) in [7, 11) is 0. The van der Waals surface area contributed by atoms with Gasteiger partial charge in [-0.25, -0.2) is 9.80 Å². The number of carbonyl (C=O) groups is 2. The summed E-state index contributed by atoms with van der Waals surface area (Å²) in [5, 5.41) is 3.99. The zero-order valence-electron chi connectivity index (χ0n) is 8.46.